The van der Waals surface area contributed by atoms with Crippen molar-refractivity contribution in [2.45, 2.75) is 13.0 Å². The molecule has 0 aliphatic rings. The van der Waals surface area contributed by atoms with Gasteiger partial charge in [0, 0.05) is 25.3 Å². The summed E-state index contributed by atoms with van der Waals surface area (Å²) in [6, 6.07) is 20.1. The first-order valence-electron chi connectivity index (χ1n) is 9.52. The van der Waals surface area contributed by atoms with Gasteiger partial charge in [0.05, 0.1) is 23.2 Å². The van der Waals surface area contributed by atoms with Gasteiger partial charge in [-0.3, -0.25) is 0 Å². The molecule has 2 heterocycles. The van der Waals surface area contributed by atoms with Crippen LogP contribution >= 0.6 is 47.8 Å². The Hall–Kier alpha value is -1.96. The van der Waals surface area contributed by atoms with E-state index in [0.717, 1.165) is 65.2 Å². The Morgan fingerprint density at radius 2 is 1.57 bits per heavy atom. The molecule has 5 aromatic rings. The fourth-order valence-corrected chi connectivity index (χ4v) is 5.35. The summed E-state index contributed by atoms with van der Waals surface area (Å²) in [5, 5.41) is 1.08. The van der Waals surface area contributed by atoms with Crippen molar-refractivity contribution < 1.29 is 4.74 Å². The Labute approximate surface area is 198 Å². The summed E-state index contributed by atoms with van der Waals surface area (Å²) >= 11 is 10.8. The molecule has 0 unspecified atom stereocenters. The molecule has 0 saturated heterocycles. The van der Waals surface area contributed by atoms with Crippen molar-refractivity contribution in [1.82, 2.24) is 14.5 Å². The second-order valence-corrected chi connectivity index (χ2v) is 9.66. The van der Waals surface area contributed by atoms with Gasteiger partial charge >= 0.3 is 0 Å². The maximum atomic E-state index is 5.91. The lowest BCUT2D eigenvalue weighted by atomic mass is 10.2. The zero-order chi connectivity index (χ0) is 20.7. The lowest BCUT2D eigenvalue weighted by Gasteiger charge is -2.10. The average molecular weight is 590 g/mol. The fourth-order valence-electron chi connectivity index (χ4n) is 3.65. The first-order valence-corrected chi connectivity index (χ1v) is 11.9. The molecule has 150 valence electrons. The van der Waals surface area contributed by atoms with Crippen molar-refractivity contribution in [2.24, 2.45) is 0 Å². The van der Waals surface area contributed by atoms with Crippen molar-refractivity contribution in [2.75, 3.05) is 6.61 Å². The van der Waals surface area contributed by atoms with E-state index in [-0.39, 0.29) is 0 Å². The monoisotopic (exact) mass is 587 g/mol. The van der Waals surface area contributed by atoms with Crippen LogP contribution in [0.2, 0.25) is 0 Å². The molecule has 0 radical (unpaired) electrons. The number of nitrogens with zero attached hydrogens (tertiary/aromatic N) is 3. The Morgan fingerprint density at radius 3 is 2.33 bits per heavy atom. The fraction of sp³-hybridized carbons (Fsp3) is 0.130. The van der Waals surface area contributed by atoms with E-state index in [1.165, 1.54) is 0 Å². The Morgan fingerprint density at radius 1 is 0.833 bits per heavy atom. The number of aryl methyl sites for hydroxylation is 1. The zero-order valence-electron chi connectivity index (χ0n) is 15.8. The number of ether oxygens (including phenoxy) is 1. The van der Waals surface area contributed by atoms with Crippen LogP contribution in [0.15, 0.2) is 74.1 Å². The van der Waals surface area contributed by atoms with E-state index in [0.29, 0.717) is 6.61 Å². The second kappa shape index (κ2) is 8.29. The van der Waals surface area contributed by atoms with Crippen molar-refractivity contribution in [3.63, 3.8) is 0 Å². The Kier molecular flexibility index (Phi) is 5.52. The molecular formula is C23H16Br3N3O. The molecule has 0 saturated carbocycles. The largest absolute Gasteiger partial charge is 0.494 e. The van der Waals surface area contributed by atoms with E-state index < -0.39 is 0 Å². The number of para-hydroxylation sites is 2. The molecule has 0 N–H and O–H groups in total. The van der Waals surface area contributed by atoms with E-state index in [1.54, 1.807) is 0 Å². The summed E-state index contributed by atoms with van der Waals surface area (Å²) < 4.78 is 11.2. The molecule has 5 rings (SSSR count). The van der Waals surface area contributed by atoms with Crippen molar-refractivity contribution >= 4 is 80.9 Å². The van der Waals surface area contributed by atoms with Gasteiger partial charge in [-0.05, 0) is 70.9 Å². The van der Waals surface area contributed by atoms with Crippen molar-refractivity contribution in [3.8, 4) is 5.75 Å². The minimum absolute atomic E-state index is 0.623. The molecule has 30 heavy (non-hydrogen) atoms. The second-order valence-electron chi connectivity index (χ2n) is 6.98. The highest BCUT2D eigenvalue weighted by Gasteiger charge is 2.17. The minimum Gasteiger partial charge on any atom is -0.494 e. The number of rotatable bonds is 5. The Balaban J connectivity index is 1.53. The van der Waals surface area contributed by atoms with Crippen molar-refractivity contribution in [3.05, 3.63) is 74.1 Å². The maximum Gasteiger partial charge on any atom is 0.160 e. The zero-order valence-corrected chi connectivity index (χ0v) is 20.5. The predicted octanol–water partition coefficient (Wildman–Crippen LogP) is 7.49. The summed E-state index contributed by atoms with van der Waals surface area (Å²) in [6.45, 7) is 1.40. The SMILES string of the molecule is Brc1ccc(OCCCn2c3nc4ccccc4nc3c3cc(Br)cc(Br)c32)cc1. The number of aromatic nitrogens is 3. The van der Waals surface area contributed by atoms with Crippen LogP contribution in [0, 0.1) is 0 Å². The van der Waals surface area contributed by atoms with Gasteiger partial charge in [0.25, 0.3) is 0 Å². The van der Waals surface area contributed by atoms with E-state index in [2.05, 4.69) is 64.5 Å². The molecule has 0 aliphatic heterocycles. The summed E-state index contributed by atoms with van der Waals surface area (Å²) in [5.74, 6) is 0.872. The molecule has 3 aromatic carbocycles. The molecule has 2 aromatic heterocycles. The lowest BCUT2D eigenvalue weighted by Crippen LogP contribution is -2.05. The first-order chi connectivity index (χ1) is 14.6. The summed E-state index contributed by atoms with van der Waals surface area (Å²) in [5.41, 5.74) is 4.71. The minimum atomic E-state index is 0.623. The molecule has 0 spiro atoms. The molecule has 0 amide bonds. The summed E-state index contributed by atoms with van der Waals surface area (Å²) in [6.07, 6.45) is 0.853. The van der Waals surface area contributed by atoms with Gasteiger partial charge in [0.2, 0.25) is 0 Å². The third kappa shape index (κ3) is 3.74. The van der Waals surface area contributed by atoms with Gasteiger partial charge in [0.15, 0.2) is 5.65 Å². The van der Waals surface area contributed by atoms with E-state index in [9.17, 15) is 0 Å². The number of halogens is 3. The standard InChI is InChI=1S/C23H16Br3N3O/c24-14-6-8-16(9-7-14)30-11-3-10-29-22-17(12-15(25)13-18(22)26)21-23(29)28-20-5-2-1-4-19(20)27-21/h1-2,4-9,12-13H,3,10-11H2. The van der Waals surface area contributed by atoms with Crippen LogP contribution in [-0.4, -0.2) is 21.1 Å². The predicted molar refractivity (Wildman–Crippen MR) is 132 cm³/mol. The molecule has 0 fully saturated rings. The van der Waals surface area contributed by atoms with E-state index in [4.69, 9.17) is 14.7 Å². The van der Waals surface area contributed by atoms with Crippen LogP contribution in [0.4, 0.5) is 0 Å². The summed E-state index contributed by atoms with van der Waals surface area (Å²) in [7, 11) is 0. The van der Waals surface area contributed by atoms with Gasteiger partial charge in [-0.15, -0.1) is 0 Å². The van der Waals surface area contributed by atoms with Crippen LogP contribution in [0.5, 0.6) is 5.75 Å². The number of hydrogen-bond donors (Lipinski definition) is 0. The van der Waals surface area contributed by atoms with Gasteiger partial charge < -0.3 is 9.30 Å². The molecular weight excluding hydrogens is 574 g/mol. The quantitative estimate of drug-likeness (QED) is 0.199. The van der Waals surface area contributed by atoms with Crippen LogP contribution in [-0.2, 0) is 6.54 Å². The smallest absolute Gasteiger partial charge is 0.160 e. The third-order valence-electron chi connectivity index (χ3n) is 4.97. The topological polar surface area (TPSA) is 39.9 Å². The maximum absolute atomic E-state index is 5.91. The van der Waals surface area contributed by atoms with Crippen molar-refractivity contribution in [1.29, 1.82) is 0 Å². The normalized spacial score (nSPS) is 11.6. The number of benzene rings is 3. The highest BCUT2D eigenvalue weighted by atomic mass is 79.9. The Bertz CT molecular complexity index is 1380. The highest BCUT2D eigenvalue weighted by molar-refractivity contribution is 9.11. The molecule has 4 nitrogen and oxygen atoms in total. The van der Waals surface area contributed by atoms with Crippen LogP contribution in [0.1, 0.15) is 6.42 Å². The molecule has 0 atom stereocenters. The summed E-state index contributed by atoms with van der Waals surface area (Å²) in [4.78, 5) is 9.88. The van der Waals surface area contributed by atoms with Crippen LogP contribution < -0.4 is 4.74 Å². The molecule has 0 bridgehead atoms. The van der Waals surface area contributed by atoms with E-state index in [1.807, 2.05) is 48.5 Å². The van der Waals surface area contributed by atoms with Gasteiger partial charge in [-0.1, -0.05) is 44.0 Å². The van der Waals surface area contributed by atoms with Gasteiger partial charge in [0.1, 0.15) is 11.3 Å². The molecule has 7 heteroatoms. The lowest BCUT2D eigenvalue weighted by molar-refractivity contribution is 0.303. The van der Waals surface area contributed by atoms with Crippen LogP contribution in [0.25, 0.3) is 33.1 Å². The third-order valence-corrected chi connectivity index (χ3v) is 6.56. The number of fused-ring (bicyclic) bond motifs is 4. The van der Waals surface area contributed by atoms with E-state index >= 15 is 0 Å². The first kappa shape index (κ1) is 20.0. The average Bonchev–Trinajstić information content (AvgIpc) is 3.04. The molecule has 0 aliphatic carbocycles. The van der Waals surface area contributed by atoms with Crippen LogP contribution in [0.3, 0.4) is 0 Å². The number of hydrogen-bond acceptors (Lipinski definition) is 3. The van der Waals surface area contributed by atoms with Gasteiger partial charge in [-0.25, -0.2) is 9.97 Å². The van der Waals surface area contributed by atoms with Gasteiger partial charge in [-0.2, -0.15) is 0 Å². The highest BCUT2D eigenvalue weighted by Crippen LogP contribution is 2.35.